The SMILES string of the molecule is CC1C(=O)NCCN1C(=O)c1cc(N)cc(S(C)(=O)=O)c1. The molecule has 0 radical (unpaired) electrons. The molecule has 1 aliphatic rings. The van der Waals surface area contributed by atoms with Crippen LogP contribution in [0.3, 0.4) is 0 Å². The number of hydrogen-bond acceptors (Lipinski definition) is 5. The second-order valence-electron chi connectivity index (χ2n) is 5.03. The van der Waals surface area contributed by atoms with E-state index >= 15 is 0 Å². The first-order chi connectivity index (χ1) is 9.70. The van der Waals surface area contributed by atoms with Crippen LogP contribution in [0.4, 0.5) is 5.69 Å². The van der Waals surface area contributed by atoms with E-state index in [1.807, 2.05) is 0 Å². The molecule has 1 saturated heterocycles. The molecule has 1 aromatic carbocycles. The molecule has 3 N–H and O–H groups in total. The fraction of sp³-hybridized carbons (Fsp3) is 0.385. The second-order valence-corrected chi connectivity index (χ2v) is 7.04. The predicted octanol–water partition coefficient (Wildman–Crippen LogP) is -0.367. The average molecular weight is 311 g/mol. The monoisotopic (exact) mass is 311 g/mol. The van der Waals surface area contributed by atoms with Crippen molar-refractivity contribution >= 4 is 27.3 Å². The Bertz CT molecular complexity index is 699. The molecule has 0 aliphatic carbocycles. The van der Waals surface area contributed by atoms with Crippen molar-refractivity contribution in [3.8, 4) is 0 Å². The minimum Gasteiger partial charge on any atom is -0.399 e. The largest absolute Gasteiger partial charge is 0.399 e. The van der Waals surface area contributed by atoms with Crippen molar-refractivity contribution in [2.45, 2.75) is 17.9 Å². The lowest BCUT2D eigenvalue weighted by Crippen LogP contribution is -2.55. The van der Waals surface area contributed by atoms with Crippen LogP contribution in [0.5, 0.6) is 0 Å². The summed E-state index contributed by atoms with van der Waals surface area (Å²) in [5.74, 6) is -0.642. The number of hydrogen-bond donors (Lipinski definition) is 2. The van der Waals surface area contributed by atoms with E-state index in [0.717, 1.165) is 6.26 Å². The van der Waals surface area contributed by atoms with E-state index in [9.17, 15) is 18.0 Å². The highest BCUT2D eigenvalue weighted by molar-refractivity contribution is 7.90. The Hall–Kier alpha value is -2.09. The van der Waals surface area contributed by atoms with Gasteiger partial charge in [-0.1, -0.05) is 0 Å². The molecule has 0 saturated carbocycles. The highest BCUT2D eigenvalue weighted by atomic mass is 32.2. The highest BCUT2D eigenvalue weighted by Gasteiger charge is 2.30. The summed E-state index contributed by atoms with van der Waals surface area (Å²) in [5, 5.41) is 2.66. The number of sulfone groups is 1. The lowest BCUT2D eigenvalue weighted by Gasteiger charge is -2.33. The Balaban J connectivity index is 2.40. The van der Waals surface area contributed by atoms with Crippen molar-refractivity contribution in [3.63, 3.8) is 0 Å². The van der Waals surface area contributed by atoms with Gasteiger partial charge in [0, 0.05) is 30.6 Å². The van der Waals surface area contributed by atoms with Gasteiger partial charge in [0.2, 0.25) is 5.91 Å². The molecule has 1 fully saturated rings. The molecule has 1 aromatic rings. The Morgan fingerprint density at radius 2 is 2.05 bits per heavy atom. The van der Waals surface area contributed by atoms with E-state index in [2.05, 4.69) is 5.32 Å². The number of nitrogens with zero attached hydrogens (tertiary/aromatic N) is 1. The first kappa shape index (κ1) is 15.3. The highest BCUT2D eigenvalue weighted by Crippen LogP contribution is 2.19. The molecule has 21 heavy (non-hydrogen) atoms. The summed E-state index contributed by atoms with van der Waals surface area (Å²) < 4.78 is 23.2. The van der Waals surface area contributed by atoms with Crippen LogP contribution in [-0.4, -0.2) is 50.5 Å². The Labute approximate surface area is 123 Å². The second kappa shape index (κ2) is 5.36. The van der Waals surface area contributed by atoms with Gasteiger partial charge in [-0.3, -0.25) is 9.59 Å². The van der Waals surface area contributed by atoms with Crippen molar-refractivity contribution in [3.05, 3.63) is 23.8 Å². The first-order valence-corrected chi connectivity index (χ1v) is 8.28. The minimum atomic E-state index is -3.47. The summed E-state index contributed by atoms with van der Waals surface area (Å²) >= 11 is 0. The van der Waals surface area contributed by atoms with Gasteiger partial charge in [0.05, 0.1) is 4.90 Å². The zero-order valence-corrected chi connectivity index (χ0v) is 12.6. The summed E-state index contributed by atoms with van der Waals surface area (Å²) in [7, 11) is -3.47. The van der Waals surface area contributed by atoms with Crippen LogP contribution in [0.15, 0.2) is 23.1 Å². The van der Waals surface area contributed by atoms with Gasteiger partial charge in [-0.15, -0.1) is 0 Å². The number of carbonyl (C=O) groups is 2. The maximum Gasteiger partial charge on any atom is 0.254 e. The normalized spacial score (nSPS) is 19.2. The van der Waals surface area contributed by atoms with Crippen molar-refractivity contribution in [1.82, 2.24) is 10.2 Å². The van der Waals surface area contributed by atoms with Gasteiger partial charge in [-0.25, -0.2) is 8.42 Å². The molecular weight excluding hydrogens is 294 g/mol. The van der Waals surface area contributed by atoms with Crippen molar-refractivity contribution < 1.29 is 18.0 Å². The number of nitrogen functional groups attached to an aromatic ring is 1. The number of nitrogens with two attached hydrogens (primary N) is 1. The minimum absolute atomic E-state index is 0.0139. The Morgan fingerprint density at radius 1 is 1.38 bits per heavy atom. The molecular formula is C13H17N3O4S. The van der Waals surface area contributed by atoms with E-state index in [1.165, 1.54) is 23.1 Å². The summed E-state index contributed by atoms with van der Waals surface area (Å²) in [5.41, 5.74) is 6.02. The van der Waals surface area contributed by atoms with Gasteiger partial charge in [0.1, 0.15) is 6.04 Å². The van der Waals surface area contributed by atoms with Crippen LogP contribution in [0.1, 0.15) is 17.3 Å². The summed E-state index contributed by atoms with van der Waals surface area (Å²) in [4.78, 5) is 25.5. The van der Waals surface area contributed by atoms with Crippen LogP contribution in [-0.2, 0) is 14.6 Å². The van der Waals surface area contributed by atoms with Crippen LogP contribution in [0.25, 0.3) is 0 Å². The van der Waals surface area contributed by atoms with E-state index in [-0.39, 0.29) is 22.1 Å². The molecule has 0 spiro atoms. The maximum absolute atomic E-state index is 12.5. The van der Waals surface area contributed by atoms with Gasteiger partial charge in [0.25, 0.3) is 5.91 Å². The van der Waals surface area contributed by atoms with Crippen molar-refractivity contribution in [1.29, 1.82) is 0 Å². The van der Waals surface area contributed by atoms with Gasteiger partial charge in [-0.2, -0.15) is 0 Å². The molecule has 1 atom stereocenters. The first-order valence-electron chi connectivity index (χ1n) is 6.39. The van der Waals surface area contributed by atoms with Gasteiger partial charge < -0.3 is 16.0 Å². The fourth-order valence-corrected chi connectivity index (χ4v) is 2.88. The number of amides is 2. The predicted molar refractivity (Wildman–Crippen MR) is 77.5 cm³/mol. The lowest BCUT2D eigenvalue weighted by atomic mass is 10.1. The summed E-state index contributed by atoms with van der Waals surface area (Å²) in [6.07, 6.45) is 1.05. The Morgan fingerprint density at radius 3 is 2.67 bits per heavy atom. The molecule has 1 unspecified atom stereocenters. The zero-order valence-electron chi connectivity index (χ0n) is 11.8. The summed E-state index contributed by atoms with van der Waals surface area (Å²) in [6.45, 7) is 2.36. The van der Waals surface area contributed by atoms with Crippen LogP contribution >= 0.6 is 0 Å². The average Bonchev–Trinajstić information content (AvgIpc) is 2.39. The third-order valence-electron chi connectivity index (χ3n) is 3.36. The van der Waals surface area contributed by atoms with Gasteiger partial charge in [0.15, 0.2) is 9.84 Å². The molecule has 0 aromatic heterocycles. The smallest absolute Gasteiger partial charge is 0.254 e. The summed E-state index contributed by atoms with van der Waals surface area (Å²) in [6, 6.07) is 3.40. The molecule has 8 heteroatoms. The van der Waals surface area contributed by atoms with E-state index < -0.39 is 21.8 Å². The number of piperazine rings is 1. The number of rotatable bonds is 2. The number of benzene rings is 1. The van der Waals surface area contributed by atoms with Crippen LogP contribution in [0.2, 0.25) is 0 Å². The lowest BCUT2D eigenvalue weighted by molar-refractivity contribution is -0.127. The Kier molecular flexibility index (Phi) is 3.91. The molecule has 1 aliphatic heterocycles. The van der Waals surface area contributed by atoms with Crippen molar-refractivity contribution in [2.75, 3.05) is 25.1 Å². The van der Waals surface area contributed by atoms with E-state index in [4.69, 9.17) is 5.73 Å². The van der Waals surface area contributed by atoms with E-state index in [1.54, 1.807) is 6.92 Å². The van der Waals surface area contributed by atoms with Gasteiger partial charge >= 0.3 is 0 Å². The molecule has 0 bridgehead atoms. The van der Waals surface area contributed by atoms with E-state index in [0.29, 0.717) is 13.1 Å². The van der Waals surface area contributed by atoms with Gasteiger partial charge in [-0.05, 0) is 25.1 Å². The molecule has 1 heterocycles. The molecule has 2 amide bonds. The number of nitrogens with one attached hydrogen (secondary N) is 1. The zero-order chi connectivity index (χ0) is 15.8. The van der Waals surface area contributed by atoms with Crippen LogP contribution in [0, 0.1) is 0 Å². The quantitative estimate of drug-likeness (QED) is 0.724. The van der Waals surface area contributed by atoms with Crippen LogP contribution < -0.4 is 11.1 Å². The molecule has 7 nitrogen and oxygen atoms in total. The molecule has 114 valence electrons. The number of carbonyl (C=O) groups excluding carboxylic acids is 2. The topological polar surface area (TPSA) is 110 Å². The van der Waals surface area contributed by atoms with Crippen molar-refractivity contribution in [2.24, 2.45) is 0 Å². The maximum atomic E-state index is 12.5. The standard InChI is InChI=1S/C13H17N3O4S/c1-8-12(17)15-3-4-16(8)13(18)9-5-10(14)7-11(6-9)21(2,19)20/h5-8H,3-4,14H2,1-2H3,(H,15,17). The third kappa shape index (κ3) is 3.15. The molecule has 2 rings (SSSR count). The third-order valence-corrected chi connectivity index (χ3v) is 4.46. The number of anilines is 1. The fourth-order valence-electron chi connectivity index (χ4n) is 2.19.